The number of benzene rings is 1. The Morgan fingerprint density at radius 1 is 1.14 bits per heavy atom. The molecule has 0 fully saturated rings. The van der Waals surface area contributed by atoms with E-state index < -0.39 is 0 Å². The van der Waals surface area contributed by atoms with Crippen molar-refractivity contribution in [3.63, 3.8) is 0 Å². The van der Waals surface area contributed by atoms with Crippen molar-refractivity contribution in [3.8, 4) is 5.75 Å². The molecule has 2 N–H and O–H groups in total. The molecule has 4 heteroatoms. The average molecular weight is 304 g/mol. The molecule has 0 aliphatic carbocycles. The Bertz CT molecular complexity index is 560. The summed E-state index contributed by atoms with van der Waals surface area (Å²) < 4.78 is 5.65. The van der Waals surface area contributed by atoms with Gasteiger partial charge in [-0.25, -0.2) is 4.98 Å². The monoisotopic (exact) mass is 304 g/mol. The molecule has 0 aliphatic heterocycles. The number of rotatable bonds is 6. The summed E-state index contributed by atoms with van der Waals surface area (Å²) in [6.45, 7) is 8.36. The van der Waals surface area contributed by atoms with Crippen molar-refractivity contribution in [2.24, 2.45) is 5.73 Å². The summed E-state index contributed by atoms with van der Waals surface area (Å²) >= 11 is 1.70. The third-order valence-electron chi connectivity index (χ3n) is 3.24. The van der Waals surface area contributed by atoms with Crippen LogP contribution in [0.4, 0.5) is 0 Å². The first-order valence-corrected chi connectivity index (χ1v) is 8.30. The Morgan fingerprint density at radius 3 is 2.33 bits per heavy atom. The van der Waals surface area contributed by atoms with Gasteiger partial charge in [0.2, 0.25) is 0 Å². The Hall–Kier alpha value is -1.39. The van der Waals surface area contributed by atoms with Crippen LogP contribution in [0.2, 0.25) is 0 Å². The zero-order valence-corrected chi connectivity index (χ0v) is 14.0. The summed E-state index contributed by atoms with van der Waals surface area (Å²) in [7, 11) is 0. The van der Waals surface area contributed by atoms with E-state index in [9.17, 15) is 0 Å². The predicted octanol–water partition coefficient (Wildman–Crippen LogP) is 4.30. The van der Waals surface area contributed by atoms with Gasteiger partial charge in [0.25, 0.3) is 0 Å². The Balaban J connectivity index is 2.00. The molecule has 0 aliphatic rings. The number of nitrogens with two attached hydrogens (primary N) is 1. The fourth-order valence-electron chi connectivity index (χ4n) is 2.06. The summed E-state index contributed by atoms with van der Waals surface area (Å²) in [5.74, 6) is 1.36. The van der Waals surface area contributed by atoms with E-state index in [1.54, 1.807) is 11.3 Å². The Labute approximate surface area is 131 Å². The van der Waals surface area contributed by atoms with Gasteiger partial charge in [-0.1, -0.05) is 26.0 Å². The molecule has 2 aromatic rings. The summed E-state index contributed by atoms with van der Waals surface area (Å²) in [5.41, 5.74) is 8.56. The Morgan fingerprint density at radius 2 is 1.81 bits per heavy atom. The van der Waals surface area contributed by atoms with Crippen molar-refractivity contribution in [1.82, 2.24) is 4.98 Å². The lowest BCUT2D eigenvalue weighted by Gasteiger charge is -2.13. The highest BCUT2D eigenvalue weighted by Gasteiger charge is 2.12. The van der Waals surface area contributed by atoms with Crippen LogP contribution in [0.3, 0.4) is 0 Å². The fourth-order valence-corrected chi connectivity index (χ4v) is 3.07. The van der Waals surface area contributed by atoms with E-state index in [0.717, 1.165) is 28.4 Å². The quantitative estimate of drug-likeness (QED) is 0.865. The lowest BCUT2D eigenvalue weighted by Crippen LogP contribution is -2.13. The number of ether oxygens (including phenoxy) is 1. The van der Waals surface area contributed by atoms with Crippen LogP contribution in [0.15, 0.2) is 29.6 Å². The number of thiazole rings is 1. The first kappa shape index (κ1) is 16.0. The fraction of sp³-hybridized carbons (Fsp3) is 0.471. The molecule has 2 rings (SSSR count). The molecule has 0 spiro atoms. The van der Waals surface area contributed by atoms with Gasteiger partial charge in [0.1, 0.15) is 5.75 Å². The Kier molecular flexibility index (Phi) is 5.37. The third-order valence-corrected chi connectivity index (χ3v) is 4.12. The van der Waals surface area contributed by atoms with Gasteiger partial charge in [0, 0.05) is 17.8 Å². The van der Waals surface area contributed by atoms with Crippen molar-refractivity contribution in [1.29, 1.82) is 0 Å². The highest BCUT2D eigenvalue weighted by Crippen LogP contribution is 2.23. The van der Waals surface area contributed by atoms with Crippen LogP contribution in [0.5, 0.6) is 5.75 Å². The van der Waals surface area contributed by atoms with Crippen molar-refractivity contribution < 1.29 is 4.74 Å². The second kappa shape index (κ2) is 7.05. The number of nitrogens with zero attached hydrogens (tertiary/aromatic N) is 1. The zero-order chi connectivity index (χ0) is 15.4. The number of aromatic nitrogens is 1. The maximum atomic E-state index is 6.29. The molecule has 1 aromatic heterocycles. The smallest absolute Gasteiger partial charge is 0.119 e. The highest BCUT2D eigenvalue weighted by molar-refractivity contribution is 7.09. The van der Waals surface area contributed by atoms with Gasteiger partial charge in [-0.3, -0.25) is 0 Å². The molecular formula is C17H24N2OS. The van der Waals surface area contributed by atoms with E-state index in [1.807, 2.05) is 38.1 Å². The molecule has 0 radical (unpaired) electrons. The first-order valence-electron chi connectivity index (χ1n) is 7.42. The molecule has 0 bridgehead atoms. The molecular weight excluding hydrogens is 280 g/mol. The van der Waals surface area contributed by atoms with Gasteiger partial charge < -0.3 is 10.5 Å². The van der Waals surface area contributed by atoms with Gasteiger partial charge in [0.15, 0.2) is 0 Å². The van der Waals surface area contributed by atoms with Crippen molar-refractivity contribution >= 4 is 11.3 Å². The molecule has 1 heterocycles. The van der Waals surface area contributed by atoms with Crippen LogP contribution in [0.25, 0.3) is 0 Å². The third kappa shape index (κ3) is 4.55. The van der Waals surface area contributed by atoms with Crippen molar-refractivity contribution in [2.45, 2.75) is 52.2 Å². The molecule has 21 heavy (non-hydrogen) atoms. The van der Waals surface area contributed by atoms with Crippen LogP contribution < -0.4 is 10.5 Å². The van der Waals surface area contributed by atoms with Gasteiger partial charge in [-0.2, -0.15) is 0 Å². The first-order chi connectivity index (χ1) is 9.95. The summed E-state index contributed by atoms with van der Waals surface area (Å²) in [4.78, 5) is 4.65. The lowest BCUT2D eigenvalue weighted by atomic mass is 10.0. The molecule has 0 saturated carbocycles. The highest BCUT2D eigenvalue weighted by atomic mass is 32.1. The zero-order valence-electron chi connectivity index (χ0n) is 13.2. The van der Waals surface area contributed by atoms with E-state index >= 15 is 0 Å². The van der Waals surface area contributed by atoms with Crippen LogP contribution in [0, 0.1) is 0 Å². The van der Waals surface area contributed by atoms with E-state index in [-0.39, 0.29) is 12.1 Å². The van der Waals surface area contributed by atoms with Gasteiger partial charge in [-0.05, 0) is 37.5 Å². The predicted molar refractivity (Wildman–Crippen MR) is 89.0 cm³/mol. The van der Waals surface area contributed by atoms with E-state index in [2.05, 4.69) is 24.2 Å². The summed E-state index contributed by atoms with van der Waals surface area (Å²) in [5, 5.41) is 3.24. The molecule has 3 nitrogen and oxygen atoms in total. The molecule has 1 aromatic carbocycles. The summed E-state index contributed by atoms with van der Waals surface area (Å²) in [6.07, 6.45) is 0.969. The second-order valence-electron chi connectivity index (χ2n) is 5.87. The SMILES string of the molecule is CC(C)Oc1ccc(C(N)Cc2nc(C(C)C)cs2)cc1. The average Bonchev–Trinajstić information content (AvgIpc) is 2.87. The molecule has 1 atom stereocenters. The van der Waals surface area contributed by atoms with Gasteiger partial charge in [0.05, 0.1) is 16.8 Å². The normalized spacial score (nSPS) is 12.9. The van der Waals surface area contributed by atoms with Crippen LogP contribution in [-0.4, -0.2) is 11.1 Å². The van der Waals surface area contributed by atoms with E-state index in [4.69, 9.17) is 10.5 Å². The molecule has 0 saturated heterocycles. The second-order valence-corrected chi connectivity index (χ2v) is 6.81. The number of hydrogen-bond donors (Lipinski definition) is 1. The topological polar surface area (TPSA) is 48.1 Å². The summed E-state index contributed by atoms with van der Waals surface area (Å²) in [6, 6.07) is 8.02. The largest absolute Gasteiger partial charge is 0.491 e. The minimum Gasteiger partial charge on any atom is -0.491 e. The lowest BCUT2D eigenvalue weighted by molar-refractivity contribution is 0.242. The van der Waals surface area contributed by atoms with Crippen molar-refractivity contribution in [2.75, 3.05) is 0 Å². The number of hydrogen-bond acceptors (Lipinski definition) is 4. The van der Waals surface area contributed by atoms with Gasteiger partial charge >= 0.3 is 0 Å². The van der Waals surface area contributed by atoms with E-state index in [0.29, 0.717) is 5.92 Å². The van der Waals surface area contributed by atoms with Crippen molar-refractivity contribution in [3.05, 3.63) is 45.9 Å². The molecule has 1 unspecified atom stereocenters. The maximum Gasteiger partial charge on any atom is 0.119 e. The minimum absolute atomic E-state index is 0.0238. The molecule has 114 valence electrons. The van der Waals surface area contributed by atoms with Crippen LogP contribution in [0.1, 0.15) is 55.9 Å². The standard InChI is InChI=1S/C17H24N2OS/c1-11(2)16-10-21-17(19-16)9-15(18)13-5-7-14(8-6-13)20-12(3)4/h5-8,10-12,15H,9,18H2,1-4H3. The maximum absolute atomic E-state index is 6.29. The van der Waals surface area contributed by atoms with Gasteiger partial charge in [-0.15, -0.1) is 11.3 Å². The molecule has 0 amide bonds. The van der Waals surface area contributed by atoms with Crippen LogP contribution >= 0.6 is 11.3 Å². The minimum atomic E-state index is -0.0238. The van der Waals surface area contributed by atoms with Crippen LogP contribution in [-0.2, 0) is 6.42 Å². The van der Waals surface area contributed by atoms with E-state index in [1.165, 1.54) is 0 Å².